The largest absolute Gasteiger partial charge is 0.469 e. The van der Waals surface area contributed by atoms with Crippen molar-refractivity contribution in [3.63, 3.8) is 0 Å². The maximum absolute atomic E-state index is 11.2. The molecule has 2 nitrogen and oxygen atoms in total. The third kappa shape index (κ3) is 2.64. The summed E-state index contributed by atoms with van der Waals surface area (Å²) in [5, 5.41) is 0. The number of esters is 1. The maximum atomic E-state index is 11.2. The quantitative estimate of drug-likeness (QED) is 0.793. The summed E-state index contributed by atoms with van der Waals surface area (Å²) in [6.45, 7) is 0. The van der Waals surface area contributed by atoms with Crippen LogP contribution >= 0.6 is 15.9 Å². The van der Waals surface area contributed by atoms with E-state index in [2.05, 4.69) is 28.1 Å². The predicted molar refractivity (Wildman–Crippen MR) is 66.1 cm³/mol. The fraction of sp³-hybridized carbons (Fsp3) is 0.462. The van der Waals surface area contributed by atoms with Crippen LogP contribution in [0.15, 0.2) is 28.7 Å². The highest BCUT2D eigenvalue weighted by molar-refractivity contribution is 9.10. The van der Waals surface area contributed by atoms with Crippen LogP contribution in [0, 0.1) is 11.8 Å². The van der Waals surface area contributed by atoms with Gasteiger partial charge in [0.15, 0.2) is 0 Å². The zero-order chi connectivity index (χ0) is 11.5. The molecule has 86 valence electrons. The molecule has 0 heterocycles. The SMILES string of the molecule is COC(=O)C1CC1CCc1ccccc1Br. The number of methoxy groups -OCH3 is 1. The Morgan fingerprint density at radius 2 is 2.25 bits per heavy atom. The first-order valence-corrected chi connectivity index (χ1v) is 6.33. The predicted octanol–water partition coefficient (Wildman–Crippen LogP) is 3.19. The smallest absolute Gasteiger partial charge is 0.308 e. The van der Waals surface area contributed by atoms with Crippen LogP contribution in [0.2, 0.25) is 0 Å². The molecular formula is C13H15BrO2. The lowest BCUT2D eigenvalue weighted by atomic mass is 10.1. The molecule has 0 aliphatic heterocycles. The molecule has 1 fully saturated rings. The molecule has 1 aromatic carbocycles. The summed E-state index contributed by atoms with van der Waals surface area (Å²) in [5.41, 5.74) is 1.32. The molecule has 0 N–H and O–H groups in total. The van der Waals surface area contributed by atoms with E-state index in [9.17, 15) is 4.79 Å². The number of ether oxygens (including phenoxy) is 1. The number of hydrogen-bond acceptors (Lipinski definition) is 2. The van der Waals surface area contributed by atoms with Gasteiger partial charge in [0.1, 0.15) is 0 Å². The van der Waals surface area contributed by atoms with Gasteiger partial charge in [0.2, 0.25) is 0 Å². The molecule has 0 spiro atoms. The summed E-state index contributed by atoms with van der Waals surface area (Å²) in [5.74, 6) is 0.643. The summed E-state index contributed by atoms with van der Waals surface area (Å²) in [7, 11) is 1.46. The molecule has 0 bridgehead atoms. The van der Waals surface area contributed by atoms with Crippen LogP contribution in [0.25, 0.3) is 0 Å². The molecule has 3 heteroatoms. The van der Waals surface area contributed by atoms with Crippen molar-refractivity contribution in [2.45, 2.75) is 19.3 Å². The summed E-state index contributed by atoms with van der Waals surface area (Å²) in [6, 6.07) is 8.24. The van der Waals surface area contributed by atoms with Gasteiger partial charge in [-0.25, -0.2) is 0 Å². The van der Waals surface area contributed by atoms with Crippen molar-refractivity contribution < 1.29 is 9.53 Å². The number of aryl methyl sites for hydroxylation is 1. The van der Waals surface area contributed by atoms with Crippen LogP contribution in [0.3, 0.4) is 0 Å². The zero-order valence-electron chi connectivity index (χ0n) is 9.28. The van der Waals surface area contributed by atoms with Gasteiger partial charge in [0.25, 0.3) is 0 Å². The Bertz CT molecular complexity index is 389. The summed E-state index contributed by atoms with van der Waals surface area (Å²) in [6.07, 6.45) is 3.10. The third-order valence-electron chi connectivity index (χ3n) is 3.17. The van der Waals surface area contributed by atoms with E-state index in [-0.39, 0.29) is 11.9 Å². The van der Waals surface area contributed by atoms with E-state index in [1.165, 1.54) is 12.7 Å². The van der Waals surface area contributed by atoms with Crippen LogP contribution in [0.4, 0.5) is 0 Å². The zero-order valence-corrected chi connectivity index (χ0v) is 10.9. The van der Waals surface area contributed by atoms with E-state index in [4.69, 9.17) is 4.74 Å². The minimum atomic E-state index is -0.0443. The second-order valence-corrected chi connectivity index (χ2v) is 5.11. The van der Waals surface area contributed by atoms with Crippen molar-refractivity contribution >= 4 is 21.9 Å². The van der Waals surface area contributed by atoms with Gasteiger partial charge in [-0.15, -0.1) is 0 Å². The minimum absolute atomic E-state index is 0.0443. The third-order valence-corrected chi connectivity index (χ3v) is 3.94. The highest BCUT2D eigenvalue weighted by Gasteiger charge is 2.43. The normalized spacial score (nSPS) is 22.9. The van der Waals surface area contributed by atoms with Gasteiger partial charge in [0, 0.05) is 4.47 Å². The topological polar surface area (TPSA) is 26.3 Å². The highest BCUT2D eigenvalue weighted by Crippen LogP contribution is 2.43. The molecule has 0 radical (unpaired) electrons. The molecule has 0 saturated heterocycles. The molecule has 2 unspecified atom stereocenters. The molecule has 2 atom stereocenters. The second kappa shape index (κ2) is 5.00. The molecule has 2 rings (SSSR count). The van der Waals surface area contributed by atoms with Crippen molar-refractivity contribution in [2.75, 3.05) is 7.11 Å². The Labute approximate surface area is 104 Å². The minimum Gasteiger partial charge on any atom is -0.469 e. The van der Waals surface area contributed by atoms with Crippen molar-refractivity contribution in [3.8, 4) is 0 Å². The number of carbonyl (C=O) groups is 1. The van der Waals surface area contributed by atoms with Gasteiger partial charge in [0.05, 0.1) is 13.0 Å². The standard InChI is InChI=1S/C13H15BrO2/c1-16-13(15)11-8-10(11)7-6-9-4-2-3-5-12(9)14/h2-5,10-11H,6-8H2,1H3. The molecular weight excluding hydrogens is 268 g/mol. The van der Waals surface area contributed by atoms with Crippen LogP contribution in [0.1, 0.15) is 18.4 Å². The fourth-order valence-corrected chi connectivity index (χ4v) is 2.53. The van der Waals surface area contributed by atoms with Gasteiger partial charge in [-0.05, 0) is 36.8 Å². The molecule has 0 amide bonds. The van der Waals surface area contributed by atoms with Crippen LogP contribution < -0.4 is 0 Å². The lowest BCUT2D eigenvalue weighted by molar-refractivity contribution is -0.142. The monoisotopic (exact) mass is 282 g/mol. The lowest BCUT2D eigenvalue weighted by Crippen LogP contribution is -2.04. The average molecular weight is 283 g/mol. The Morgan fingerprint density at radius 3 is 2.94 bits per heavy atom. The molecule has 16 heavy (non-hydrogen) atoms. The number of rotatable bonds is 4. The first-order valence-electron chi connectivity index (χ1n) is 5.53. The number of benzene rings is 1. The van der Waals surface area contributed by atoms with Crippen molar-refractivity contribution in [1.29, 1.82) is 0 Å². The van der Waals surface area contributed by atoms with E-state index in [0.717, 1.165) is 23.7 Å². The van der Waals surface area contributed by atoms with Gasteiger partial charge in [-0.2, -0.15) is 0 Å². The Morgan fingerprint density at radius 1 is 1.50 bits per heavy atom. The van der Waals surface area contributed by atoms with Crippen LogP contribution in [-0.4, -0.2) is 13.1 Å². The molecule has 0 aromatic heterocycles. The van der Waals surface area contributed by atoms with Gasteiger partial charge < -0.3 is 4.74 Å². The van der Waals surface area contributed by atoms with Crippen LogP contribution in [0.5, 0.6) is 0 Å². The number of halogens is 1. The van der Waals surface area contributed by atoms with Crippen LogP contribution in [-0.2, 0) is 16.0 Å². The lowest BCUT2D eigenvalue weighted by Gasteiger charge is -2.03. The average Bonchev–Trinajstić information content (AvgIpc) is 3.06. The summed E-state index contributed by atoms with van der Waals surface area (Å²) >= 11 is 3.53. The fourth-order valence-electron chi connectivity index (χ4n) is 2.05. The van der Waals surface area contributed by atoms with Crippen molar-refractivity contribution in [2.24, 2.45) is 11.8 Å². The molecule has 1 aromatic rings. The summed E-state index contributed by atoms with van der Waals surface area (Å²) in [4.78, 5) is 11.2. The molecule has 1 saturated carbocycles. The second-order valence-electron chi connectivity index (χ2n) is 4.26. The summed E-state index contributed by atoms with van der Waals surface area (Å²) < 4.78 is 5.89. The highest BCUT2D eigenvalue weighted by atomic mass is 79.9. The number of hydrogen-bond donors (Lipinski definition) is 0. The Hall–Kier alpha value is -0.830. The maximum Gasteiger partial charge on any atom is 0.308 e. The van der Waals surface area contributed by atoms with Gasteiger partial charge in [-0.3, -0.25) is 4.79 Å². The van der Waals surface area contributed by atoms with Crippen molar-refractivity contribution in [1.82, 2.24) is 0 Å². The Balaban J connectivity index is 1.82. The Kier molecular flexibility index (Phi) is 3.64. The molecule has 1 aliphatic carbocycles. The molecule has 1 aliphatic rings. The first kappa shape index (κ1) is 11.6. The van der Waals surface area contributed by atoms with Gasteiger partial charge >= 0.3 is 5.97 Å². The van der Waals surface area contributed by atoms with E-state index >= 15 is 0 Å². The van der Waals surface area contributed by atoms with E-state index in [0.29, 0.717) is 5.92 Å². The van der Waals surface area contributed by atoms with Gasteiger partial charge in [-0.1, -0.05) is 34.1 Å². The van der Waals surface area contributed by atoms with E-state index in [1.54, 1.807) is 0 Å². The first-order chi connectivity index (χ1) is 7.72. The number of carbonyl (C=O) groups excluding carboxylic acids is 1. The van der Waals surface area contributed by atoms with E-state index < -0.39 is 0 Å². The van der Waals surface area contributed by atoms with Crippen molar-refractivity contribution in [3.05, 3.63) is 34.3 Å². The van der Waals surface area contributed by atoms with E-state index in [1.807, 2.05) is 12.1 Å².